The number of carbonyl (C=O) groups is 1. The lowest BCUT2D eigenvalue weighted by atomic mass is 10.2. The van der Waals surface area contributed by atoms with Gasteiger partial charge in [0.05, 0.1) is 11.4 Å². The van der Waals surface area contributed by atoms with E-state index in [1.54, 1.807) is 24.3 Å². The zero-order valence-corrected chi connectivity index (χ0v) is 17.7. The van der Waals surface area contributed by atoms with Gasteiger partial charge in [-0.05, 0) is 56.3 Å². The minimum Gasteiger partial charge on any atom is -0.492 e. The fourth-order valence-electron chi connectivity index (χ4n) is 2.71. The third-order valence-electron chi connectivity index (χ3n) is 4.39. The van der Waals surface area contributed by atoms with Crippen LogP contribution in [0.3, 0.4) is 0 Å². The monoisotopic (exact) mass is 424 g/mol. The second-order valence-corrected chi connectivity index (χ2v) is 8.60. The second kappa shape index (κ2) is 9.45. The molecular formula is C23H24N2O4S. The van der Waals surface area contributed by atoms with Crippen LogP contribution in [0.1, 0.15) is 21.5 Å². The number of sulfonamides is 1. The quantitative estimate of drug-likeness (QED) is 0.537. The minimum absolute atomic E-state index is 0.0200. The van der Waals surface area contributed by atoms with Gasteiger partial charge in [-0.25, -0.2) is 8.42 Å². The molecular weight excluding hydrogens is 400 g/mol. The molecule has 0 heterocycles. The van der Waals surface area contributed by atoms with Crippen LogP contribution in [0.2, 0.25) is 0 Å². The summed E-state index contributed by atoms with van der Waals surface area (Å²) in [7, 11) is -3.80. The predicted molar refractivity (Wildman–Crippen MR) is 117 cm³/mol. The number of rotatable bonds is 8. The van der Waals surface area contributed by atoms with Crippen molar-refractivity contribution >= 4 is 21.6 Å². The number of carbonyl (C=O) groups excluding carboxylic acids is 1. The van der Waals surface area contributed by atoms with Crippen LogP contribution < -0.4 is 14.8 Å². The number of nitrogens with one attached hydrogen (secondary N) is 2. The van der Waals surface area contributed by atoms with Crippen LogP contribution in [-0.4, -0.2) is 27.5 Å². The average Bonchev–Trinajstić information content (AvgIpc) is 2.74. The molecule has 0 unspecified atom stereocenters. The van der Waals surface area contributed by atoms with Gasteiger partial charge in [-0.3, -0.25) is 9.52 Å². The maximum atomic E-state index is 12.6. The average molecular weight is 425 g/mol. The predicted octanol–water partition coefficient (Wildman–Crippen LogP) is 3.91. The van der Waals surface area contributed by atoms with Gasteiger partial charge in [-0.15, -0.1) is 0 Å². The molecule has 6 nitrogen and oxygen atoms in total. The van der Waals surface area contributed by atoms with E-state index in [9.17, 15) is 13.2 Å². The summed E-state index contributed by atoms with van der Waals surface area (Å²) in [5.74, 6) is 0.361. The summed E-state index contributed by atoms with van der Waals surface area (Å²) in [6.07, 6.45) is 0. The van der Waals surface area contributed by atoms with E-state index in [2.05, 4.69) is 10.0 Å². The fraction of sp³-hybridized carbons (Fsp3) is 0.174. The number of benzene rings is 3. The van der Waals surface area contributed by atoms with Crippen LogP contribution in [0, 0.1) is 13.8 Å². The van der Waals surface area contributed by atoms with Crippen molar-refractivity contribution in [2.75, 3.05) is 17.9 Å². The molecule has 3 aromatic rings. The van der Waals surface area contributed by atoms with E-state index in [1.165, 1.54) is 12.1 Å². The van der Waals surface area contributed by atoms with Crippen molar-refractivity contribution in [3.05, 3.63) is 89.5 Å². The van der Waals surface area contributed by atoms with Crippen molar-refractivity contribution in [3.8, 4) is 5.75 Å². The maximum absolute atomic E-state index is 12.6. The molecule has 1 amide bonds. The summed E-state index contributed by atoms with van der Waals surface area (Å²) in [6, 6.07) is 20.6. The largest absolute Gasteiger partial charge is 0.492 e. The Labute approximate surface area is 177 Å². The van der Waals surface area contributed by atoms with Gasteiger partial charge >= 0.3 is 0 Å². The summed E-state index contributed by atoms with van der Waals surface area (Å²) in [5.41, 5.74) is 2.89. The molecule has 7 heteroatoms. The summed E-state index contributed by atoms with van der Waals surface area (Å²) < 4.78 is 33.4. The first-order chi connectivity index (χ1) is 14.3. The van der Waals surface area contributed by atoms with E-state index in [0.717, 1.165) is 16.9 Å². The maximum Gasteiger partial charge on any atom is 0.261 e. The number of hydrogen-bond acceptors (Lipinski definition) is 4. The summed E-state index contributed by atoms with van der Waals surface area (Å²) in [4.78, 5) is 12.4. The van der Waals surface area contributed by atoms with E-state index < -0.39 is 10.0 Å². The van der Waals surface area contributed by atoms with E-state index in [0.29, 0.717) is 18.8 Å². The SMILES string of the molecule is Cc1ccc(NS(=O)(=O)c2cccc(C(=O)NCCOc3ccc(C)cc3)c2)cc1. The van der Waals surface area contributed by atoms with Crippen LogP contribution in [-0.2, 0) is 10.0 Å². The summed E-state index contributed by atoms with van der Waals surface area (Å²) in [6.45, 7) is 4.52. The first-order valence-corrected chi connectivity index (χ1v) is 11.0. The van der Waals surface area contributed by atoms with E-state index in [1.807, 2.05) is 50.2 Å². The van der Waals surface area contributed by atoms with Crippen molar-refractivity contribution < 1.29 is 17.9 Å². The first-order valence-electron chi connectivity index (χ1n) is 9.51. The van der Waals surface area contributed by atoms with Crippen LogP contribution in [0.4, 0.5) is 5.69 Å². The number of hydrogen-bond donors (Lipinski definition) is 2. The number of anilines is 1. The molecule has 0 atom stereocenters. The lowest BCUT2D eigenvalue weighted by molar-refractivity contribution is 0.0947. The highest BCUT2D eigenvalue weighted by Crippen LogP contribution is 2.18. The lowest BCUT2D eigenvalue weighted by Crippen LogP contribution is -2.28. The van der Waals surface area contributed by atoms with Gasteiger partial charge in [0.15, 0.2) is 0 Å². The highest BCUT2D eigenvalue weighted by atomic mass is 32.2. The zero-order chi connectivity index (χ0) is 21.6. The number of amides is 1. The van der Waals surface area contributed by atoms with Crippen molar-refractivity contribution in [1.29, 1.82) is 0 Å². The van der Waals surface area contributed by atoms with Crippen LogP contribution in [0.25, 0.3) is 0 Å². The molecule has 0 aromatic heterocycles. The van der Waals surface area contributed by atoms with E-state index in [4.69, 9.17) is 4.74 Å². The number of ether oxygens (including phenoxy) is 1. The molecule has 0 fully saturated rings. The van der Waals surface area contributed by atoms with Crippen molar-refractivity contribution in [1.82, 2.24) is 5.32 Å². The van der Waals surface area contributed by atoms with Crippen molar-refractivity contribution in [3.63, 3.8) is 0 Å². The number of aryl methyl sites for hydroxylation is 2. The highest BCUT2D eigenvalue weighted by molar-refractivity contribution is 7.92. The summed E-state index contributed by atoms with van der Waals surface area (Å²) in [5, 5.41) is 2.74. The molecule has 0 saturated heterocycles. The van der Waals surface area contributed by atoms with Crippen LogP contribution >= 0.6 is 0 Å². The normalized spacial score (nSPS) is 11.0. The highest BCUT2D eigenvalue weighted by Gasteiger charge is 2.16. The van der Waals surface area contributed by atoms with Gasteiger partial charge in [0.1, 0.15) is 12.4 Å². The smallest absolute Gasteiger partial charge is 0.261 e. The van der Waals surface area contributed by atoms with E-state index >= 15 is 0 Å². The Morgan fingerprint density at radius 3 is 2.20 bits per heavy atom. The van der Waals surface area contributed by atoms with Gasteiger partial charge in [-0.1, -0.05) is 41.5 Å². The third-order valence-corrected chi connectivity index (χ3v) is 5.77. The molecule has 30 heavy (non-hydrogen) atoms. The molecule has 0 aliphatic rings. The molecule has 0 spiro atoms. The standard InChI is InChI=1S/C23H24N2O4S/c1-17-6-10-20(11-7-17)25-30(27,28)22-5-3-4-19(16-22)23(26)24-14-15-29-21-12-8-18(2)9-13-21/h3-13,16,25H,14-15H2,1-2H3,(H,24,26). The van der Waals surface area contributed by atoms with Gasteiger partial charge in [0, 0.05) is 11.3 Å². The Hall–Kier alpha value is -3.32. The van der Waals surface area contributed by atoms with Gasteiger partial charge < -0.3 is 10.1 Å². The second-order valence-electron chi connectivity index (χ2n) is 6.92. The summed E-state index contributed by atoms with van der Waals surface area (Å²) >= 11 is 0. The molecule has 156 valence electrons. The zero-order valence-electron chi connectivity index (χ0n) is 16.9. The van der Waals surface area contributed by atoms with Crippen molar-refractivity contribution in [2.45, 2.75) is 18.7 Å². The first kappa shape index (κ1) is 21.4. The minimum atomic E-state index is -3.80. The molecule has 0 bridgehead atoms. The molecule has 0 aliphatic carbocycles. The Morgan fingerprint density at radius 2 is 1.53 bits per heavy atom. The van der Waals surface area contributed by atoms with Gasteiger partial charge in [0.25, 0.3) is 15.9 Å². The van der Waals surface area contributed by atoms with Crippen LogP contribution in [0.5, 0.6) is 5.75 Å². The van der Waals surface area contributed by atoms with E-state index in [-0.39, 0.29) is 16.4 Å². The molecule has 3 aromatic carbocycles. The van der Waals surface area contributed by atoms with Gasteiger partial charge in [0.2, 0.25) is 0 Å². The Kier molecular flexibility index (Phi) is 6.74. The molecule has 0 aliphatic heterocycles. The molecule has 0 saturated carbocycles. The topological polar surface area (TPSA) is 84.5 Å². The Balaban J connectivity index is 1.58. The Morgan fingerprint density at radius 1 is 0.900 bits per heavy atom. The molecule has 2 N–H and O–H groups in total. The van der Waals surface area contributed by atoms with Gasteiger partial charge in [-0.2, -0.15) is 0 Å². The van der Waals surface area contributed by atoms with Crippen molar-refractivity contribution in [2.24, 2.45) is 0 Å². The Bertz CT molecular complexity index is 1110. The molecule has 3 rings (SSSR count). The third kappa shape index (κ3) is 5.84. The van der Waals surface area contributed by atoms with Crippen LogP contribution in [0.15, 0.2) is 77.7 Å². The molecule has 0 radical (unpaired) electrons. The lowest BCUT2D eigenvalue weighted by Gasteiger charge is -2.11. The fourth-order valence-corrected chi connectivity index (χ4v) is 3.81.